The monoisotopic (exact) mass is 252 g/mol. The van der Waals surface area contributed by atoms with E-state index in [-0.39, 0.29) is 0 Å². The van der Waals surface area contributed by atoms with Crippen LogP contribution in [0.15, 0.2) is 24.3 Å². The van der Waals surface area contributed by atoms with Crippen LogP contribution in [0.3, 0.4) is 0 Å². The molecule has 1 aliphatic heterocycles. The normalized spacial score (nSPS) is 19.5. The van der Waals surface area contributed by atoms with Crippen molar-refractivity contribution in [2.24, 2.45) is 0 Å². The van der Waals surface area contributed by atoms with Gasteiger partial charge >= 0.3 is 0 Å². The molecule has 2 heteroatoms. The number of benzene rings is 1. The predicted octanol–water partition coefficient (Wildman–Crippen LogP) is 3.99. The summed E-state index contributed by atoms with van der Waals surface area (Å²) in [4.78, 5) is 4.87. The van der Waals surface area contributed by atoms with E-state index in [4.69, 9.17) is 4.98 Å². The maximum atomic E-state index is 4.87. The molecule has 4 rings (SSSR count). The first-order chi connectivity index (χ1) is 9.21. The Balaban J connectivity index is 2.04. The summed E-state index contributed by atoms with van der Waals surface area (Å²) in [5, 5.41) is 0. The first-order valence-corrected chi connectivity index (χ1v) is 7.36. The Morgan fingerprint density at radius 2 is 1.84 bits per heavy atom. The molecule has 0 radical (unpaired) electrons. The van der Waals surface area contributed by atoms with E-state index in [1.807, 2.05) is 0 Å². The highest BCUT2D eigenvalue weighted by Gasteiger charge is 2.42. The summed E-state index contributed by atoms with van der Waals surface area (Å²) < 4.78 is 2.57. The molecule has 0 unspecified atom stereocenters. The molecule has 1 saturated carbocycles. The highest BCUT2D eigenvalue weighted by molar-refractivity contribution is 5.65. The van der Waals surface area contributed by atoms with Gasteiger partial charge in [0.05, 0.1) is 11.2 Å². The van der Waals surface area contributed by atoms with Crippen molar-refractivity contribution in [1.82, 2.24) is 9.55 Å². The molecule has 98 valence electrons. The Morgan fingerprint density at radius 3 is 2.63 bits per heavy atom. The highest BCUT2D eigenvalue weighted by atomic mass is 15.2. The minimum absolute atomic E-state index is 0.315. The molecular weight excluding hydrogens is 232 g/mol. The summed E-state index contributed by atoms with van der Waals surface area (Å²) in [5.74, 6) is 1.21. The number of aromatic nitrogens is 2. The molecule has 1 aromatic carbocycles. The number of rotatable bonds is 0. The van der Waals surface area contributed by atoms with E-state index in [9.17, 15) is 0 Å². The van der Waals surface area contributed by atoms with Crippen LogP contribution in [0.2, 0.25) is 0 Å². The van der Waals surface area contributed by atoms with Crippen LogP contribution < -0.4 is 0 Å². The van der Waals surface area contributed by atoms with Gasteiger partial charge in [0, 0.05) is 11.3 Å². The van der Waals surface area contributed by atoms with Crippen molar-refractivity contribution in [3.63, 3.8) is 0 Å². The molecule has 1 fully saturated rings. The van der Waals surface area contributed by atoms with E-state index in [0.717, 1.165) is 0 Å². The zero-order valence-electron chi connectivity index (χ0n) is 11.7. The van der Waals surface area contributed by atoms with E-state index < -0.39 is 0 Å². The van der Waals surface area contributed by atoms with E-state index >= 15 is 0 Å². The van der Waals surface area contributed by atoms with Crippen molar-refractivity contribution in [3.8, 4) is 11.4 Å². The van der Waals surface area contributed by atoms with Gasteiger partial charge in [0.25, 0.3) is 0 Å². The van der Waals surface area contributed by atoms with Crippen LogP contribution >= 0.6 is 0 Å². The molecule has 0 N–H and O–H groups in total. The number of hydrogen-bond donors (Lipinski definition) is 0. The van der Waals surface area contributed by atoms with E-state index in [1.54, 1.807) is 0 Å². The van der Waals surface area contributed by atoms with Crippen LogP contribution in [0.5, 0.6) is 0 Å². The second-order valence-electron chi connectivity index (χ2n) is 6.21. The largest absolute Gasteiger partial charge is 0.322 e. The van der Waals surface area contributed by atoms with Crippen molar-refractivity contribution in [3.05, 3.63) is 41.2 Å². The quantitative estimate of drug-likeness (QED) is 0.693. The number of aryl methyl sites for hydroxylation is 1. The Labute approximate surface area is 114 Å². The smallest absolute Gasteiger partial charge is 0.141 e. The molecule has 0 bridgehead atoms. The zero-order valence-corrected chi connectivity index (χ0v) is 11.7. The van der Waals surface area contributed by atoms with Gasteiger partial charge in [0.15, 0.2) is 0 Å². The van der Waals surface area contributed by atoms with Crippen molar-refractivity contribution in [1.29, 1.82) is 0 Å². The van der Waals surface area contributed by atoms with Gasteiger partial charge in [-0.2, -0.15) is 0 Å². The number of nitrogens with zero attached hydrogens (tertiary/aromatic N) is 2. The Bertz CT molecular complexity index is 645. The zero-order chi connectivity index (χ0) is 13.0. The van der Waals surface area contributed by atoms with Gasteiger partial charge in [0.1, 0.15) is 5.82 Å². The summed E-state index contributed by atoms with van der Waals surface area (Å²) in [5.41, 5.74) is 5.71. The van der Waals surface area contributed by atoms with E-state index in [1.165, 1.54) is 60.4 Å². The first-order valence-electron chi connectivity index (χ1n) is 7.36. The van der Waals surface area contributed by atoms with Gasteiger partial charge in [-0.25, -0.2) is 4.98 Å². The van der Waals surface area contributed by atoms with Crippen LogP contribution in [0.1, 0.15) is 42.6 Å². The van der Waals surface area contributed by atoms with Gasteiger partial charge in [0.2, 0.25) is 0 Å². The summed E-state index contributed by atoms with van der Waals surface area (Å²) in [6, 6.07) is 8.82. The lowest BCUT2D eigenvalue weighted by molar-refractivity contribution is 0.282. The second kappa shape index (κ2) is 3.72. The van der Waals surface area contributed by atoms with Crippen molar-refractivity contribution < 1.29 is 0 Å². The van der Waals surface area contributed by atoms with Crippen LogP contribution in [-0.2, 0) is 12.0 Å². The minimum Gasteiger partial charge on any atom is -0.322 e. The first kappa shape index (κ1) is 11.3. The Morgan fingerprint density at radius 1 is 1.11 bits per heavy atom. The number of hydrogen-bond acceptors (Lipinski definition) is 1. The summed E-state index contributed by atoms with van der Waals surface area (Å²) in [6.45, 7) is 4.38. The maximum Gasteiger partial charge on any atom is 0.141 e. The number of imidazole rings is 1. The van der Waals surface area contributed by atoms with Crippen LogP contribution in [0, 0.1) is 13.8 Å². The third-order valence-corrected chi connectivity index (χ3v) is 5.13. The van der Waals surface area contributed by atoms with Crippen LogP contribution in [0.25, 0.3) is 11.4 Å². The van der Waals surface area contributed by atoms with Gasteiger partial charge in [-0.3, -0.25) is 0 Å². The molecule has 0 saturated heterocycles. The molecule has 19 heavy (non-hydrogen) atoms. The third kappa shape index (κ3) is 1.40. The molecule has 1 spiro atoms. The fourth-order valence-corrected chi connectivity index (χ4v) is 4.13. The average molecular weight is 252 g/mol. The molecule has 2 aliphatic rings. The van der Waals surface area contributed by atoms with Crippen LogP contribution in [-0.4, -0.2) is 9.55 Å². The maximum absolute atomic E-state index is 4.87. The van der Waals surface area contributed by atoms with E-state index in [2.05, 4.69) is 42.7 Å². The number of fused-ring (bicyclic) bond motifs is 4. The lowest BCUT2D eigenvalue weighted by atomic mass is 9.83. The van der Waals surface area contributed by atoms with Gasteiger partial charge in [-0.15, -0.1) is 0 Å². The molecule has 2 nitrogen and oxygen atoms in total. The Kier molecular flexibility index (Phi) is 2.21. The van der Waals surface area contributed by atoms with Gasteiger partial charge < -0.3 is 4.57 Å². The highest BCUT2D eigenvalue weighted by Crippen LogP contribution is 2.47. The molecule has 2 heterocycles. The molecule has 2 aromatic rings. The van der Waals surface area contributed by atoms with Gasteiger partial charge in [-0.05, 0) is 38.7 Å². The fourth-order valence-electron chi connectivity index (χ4n) is 4.13. The SMILES string of the molecule is Cc1nc2n(c1C)C1(CCCC1)Cc1ccccc1-2. The van der Waals surface area contributed by atoms with Crippen LogP contribution in [0.4, 0.5) is 0 Å². The Hall–Kier alpha value is -1.57. The fraction of sp³-hybridized carbons (Fsp3) is 0.471. The standard InChI is InChI=1S/C17H20N2/c1-12-13(2)19-16(18-12)15-8-4-3-7-14(15)11-17(19)9-5-6-10-17/h3-4,7-8H,5-6,9-11H2,1-2H3. The van der Waals surface area contributed by atoms with Crippen molar-refractivity contribution >= 4 is 0 Å². The minimum atomic E-state index is 0.315. The third-order valence-electron chi connectivity index (χ3n) is 5.13. The van der Waals surface area contributed by atoms with Crippen molar-refractivity contribution in [2.45, 2.75) is 51.5 Å². The molecular formula is C17H20N2. The summed E-state index contributed by atoms with van der Waals surface area (Å²) in [6.07, 6.45) is 6.53. The lowest BCUT2D eigenvalue weighted by Gasteiger charge is -2.38. The predicted molar refractivity (Wildman–Crippen MR) is 77.3 cm³/mol. The van der Waals surface area contributed by atoms with Gasteiger partial charge in [-0.1, -0.05) is 37.1 Å². The second-order valence-corrected chi connectivity index (χ2v) is 6.21. The lowest BCUT2D eigenvalue weighted by Crippen LogP contribution is -2.37. The van der Waals surface area contributed by atoms with Crippen molar-refractivity contribution in [2.75, 3.05) is 0 Å². The summed E-state index contributed by atoms with van der Waals surface area (Å²) >= 11 is 0. The van der Waals surface area contributed by atoms with E-state index in [0.29, 0.717) is 5.54 Å². The molecule has 1 aromatic heterocycles. The molecule has 1 aliphatic carbocycles. The topological polar surface area (TPSA) is 17.8 Å². The average Bonchev–Trinajstić information content (AvgIpc) is 2.97. The molecule has 0 amide bonds. The summed E-state index contributed by atoms with van der Waals surface area (Å²) in [7, 11) is 0. The molecule has 0 atom stereocenters.